The van der Waals surface area contributed by atoms with Crippen LogP contribution in [0.3, 0.4) is 0 Å². The van der Waals surface area contributed by atoms with E-state index in [9.17, 15) is 10.1 Å². The van der Waals surface area contributed by atoms with Gasteiger partial charge in [-0.1, -0.05) is 15.9 Å². The lowest BCUT2D eigenvalue weighted by Crippen LogP contribution is -2.36. The summed E-state index contributed by atoms with van der Waals surface area (Å²) in [5, 5.41) is 27.8. The molecule has 0 saturated heterocycles. The van der Waals surface area contributed by atoms with E-state index in [1.807, 2.05) is 0 Å². The molecule has 7 heteroatoms. The number of aliphatic hydroxyl groups excluding tert-OH is 2. The largest absolute Gasteiger partial charge is 0.396 e. The van der Waals surface area contributed by atoms with E-state index in [-0.39, 0.29) is 19.8 Å². The van der Waals surface area contributed by atoms with Crippen LogP contribution in [0.25, 0.3) is 0 Å². The fraction of sp³-hybridized carbons (Fsp3) is 1.00. The number of halogens is 1. The molecule has 84 valence electrons. The van der Waals surface area contributed by atoms with Crippen LogP contribution in [0.4, 0.5) is 0 Å². The Labute approximate surface area is 90.1 Å². The Balaban J connectivity index is 4.13. The van der Waals surface area contributed by atoms with E-state index >= 15 is 0 Å². The molecular formula is C7H14BrNO5. The molecule has 0 aromatic carbocycles. The average molecular weight is 272 g/mol. The molecule has 0 aromatic rings. The highest BCUT2D eigenvalue weighted by Crippen LogP contribution is 2.23. The van der Waals surface area contributed by atoms with E-state index in [0.717, 1.165) is 0 Å². The lowest BCUT2D eigenvalue weighted by atomic mass is 9.86. The lowest BCUT2D eigenvalue weighted by Gasteiger charge is -2.27. The van der Waals surface area contributed by atoms with Crippen LogP contribution in [0.2, 0.25) is 0 Å². The van der Waals surface area contributed by atoms with Gasteiger partial charge in [0.05, 0.1) is 13.2 Å². The zero-order valence-corrected chi connectivity index (χ0v) is 9.27. The van der Waals surface area contributed by atoms with Crippen molar-refractivity contribution in [1.82, 2.24) is 0 Å². The maximum Gasteiger partial charge on any atom is 0.294 e. The predicted molar refractivity (Wildman–Crippen MR) is 52.6 cm³/mol. The minimum Gasteiger partial charge on any atom is -0.396 e. The summed E-state index contributed by atoms with van der Waals surface area (Å²) in [5.74, 6) is 0. The monoisotopic (exact) mass is 271 g/mol. The third-order valence-corrected chi connectivity index (χ3v) is 2.55. The van der Waals surface area contributed by atoms with Crippen molar-refractivity contribution >= 4 is 15.9 Å². The number of alkyl halides is 1. The second kappa shape index (κ2) is 6.97. The van der Waals surface area contributed by atoms with E-state index in [2.05, 4.69) is 20.8 Å². The van der Waals surface area contributed by atoms with Crippen LogP contribution < -0.4 is 0 Å². The summed E-state index contributed by atoms with van der Waals surface area (Å²) in [6.45, 7) is -0.936. The van der Waals surface area contributed by atoms with Gasteiger partial charge in [-0.2, -0.15) is 0 Å². The normalized spacial score (nSPS) is 11.4. The maximum absolute atomic E-state index is 9.96. The maximum atomic E-state index is 9.96. The molecule has 0 heterocycles. The van der Waals surface area contributed by atoms with Gasteiger partial charge in [0, 0.05) is 10.7 Å². The number of rotatable bonds is 8. The molecule has 0 aromatic heterocycles. The average Bonchev–Trinajstić information content (AvgIpc) is 2.19. The van der Waals surface area contributed by atoms with Crippen LogP contribution in [0.5, 0.6) is 0 Å². The Morgan fingerprint density at radius 1 is 1.43 bits per heavy atom. The molecule has 6 nitrogen and oxygen atoms in total. The van der Waals surface area contributed by atoms with Crippen molar-refractivity contribution in [1.29, 1.82) is 0 Å². The van der Waals surface area contributed by atoms with Crippen molar-refractivity contribution < 1.29 is 20.1 Å². The zero-order valence-electron chi connectivity index (χ0n) is 7.69. The van der Waals surface area contributed by atoms with Crippen molar-refractivity contribution in [2.24, 2.45) is 5.41 Å². The van der Waals surface area contributed by atoms with Gasteiger partial charge in [-0.05, 0) is 12.8 Å². The van der Waals surface area contributed by atoms with Crippen LogP contribution in [0.15, 0.2) is 0 Å². The van der Waals surface area contributed by atoms with Crippen LogP contribution in [-0.4, -0.2) is 40.5 Å². The molecule has 0 aliphatic carbocycles. The molecule has 0 atom stereocenters. The molecule has 0 aliphatic heterocycles. The first-order valence-corrected chi connectivity index (χ1v) is 5.27. The van der Waals surface area contributed by atoms with E-state index in [1.54, 1.807) is 0 Å². The number of hydrogen-bond acceptors (Lipinski definition) is 5. The summed E-state index contributed by atoms with van der Waals surface area (Å²) in [7, 11) is 0. The SMILES string of the molecule is O=[N+]([O-])OCC(CO)(CO)CCCBr. The van der Waals surface area contributed by atoms with Gasteiger partial charge in [0.15, 0.2) is 0 Å². The Kier molecular flexibility index (Phi) is 6.77. The highest BCUT2D eigenvalue weighted by atomic mass is 79.9. The Bertz CT molecular complexity index is 173. The summed E-state index contributed by atoms with van der Waals surface area (Å²) in [4.78, 5) is 14.1. The molecule has 0 amide bonds. The fourth-order valence-corrected chi connectivity index (χ4v) is 1.28. The van der Waals surface area contributed by atoms with Crippen molar-refractivity contribution in [3.8, 4) is 0 Å². The molecule has 0 saturated carbocycles. The first kappa shape index (κ1) is 13.6. The van der Waals surface area contributed by atoms with Crippen LogP contribution in [-0.2, 0) is 4.84 Å². The van der Waals surface area contributed by atoms with E-state index < -0.39 is 10.5 Å². The van der Waals surface area contributed by atoms with Crippen molar-refractivity contribution in [2.75, 3.05) is 25.2 Å². The zero-order chi connectivity index (χ0) is 11.0. The summed E-state index contributed by atoms with van der Waals surface area (Å²) in [6.07, 6.45) is 1.18. The predicted octanol–water partition coefficient (Wildman–Crippen LogP) is 0.341. The topological polar surface area (TPSA) is 92.8 Å². The second-order valence-electron chi connectivity index (χ2n) is 3.11. The van der Waals surface area contributed by atoms with E-state index in [4.69, 9.17) is 10.2 Å². The van der Waals surface area contributed by atoms with Gasteiger partial charge < -0.3 is 15.1 Å². The standard InChI is InChI=1S/C7H14BrNO5/c8-3-1-2-7(4-10,5-11)6-14-9(12)13/h10-11H,1-6H2. The number of hydrogen-bond donors (Lipinski definition) is 2. The summed E-state index contributed by atoms with van der Waals surface area (Å²) >= 11 is 3.20. The molecule has 2 N–H and O–H groups in total. The van der Waals surface area contributed by atoms with Gasteiger partial charge in [0.1, 0.15) is 6.61 Å². The third kappa shape index (κ3) is 4.73. The third-order valence-electron chi connectivity index (χ3n) is 1.99. The summed E-state index contributed by atoms with van der Waals surface area (Å²) in [5.41, 5.74) is -0.916. The van der Waals surface area contributed by atoms with Crippen LogP contribution >= 0.6 is 15.9 Å². The molecule has 0 radical (unpaired) electrons. The number of aliphatic hydroxyl groups is 2. The van der Waals surface area contributed by atoms with Gasteiger partial charge in [-0.25, -0.2) is 0 Å². The first-order valence-electron chi connectivity index (χ1n) is 4.15. The van der Waals surface area contributed by atoms with Crippen LogP contribution in [0.1, 0.15) is 12.8 Å². The minimum atomic E-state index is -0.922. The molecule has 0 unspecified atom stereocenters. The molecule has 0 spiro atoms. The Hall–Kier alpha value is -0.400. The van der Waals surface area contributed by atoms with Crippen molar-refractivity contribution in [3.63, 3.8) is 0 Å². The van der Waals surface area contributed by atoms with E-state index in [1.165, 1.54) is 0 Å². The van der Waals surface area contributed by atoms with E-state index in [0.29, 0.717) is 18.2 Å². The quantitative estimate of drug-likeness (QED) is 0.377. The second-order valence-corrected chi connectivity index (χ2v) is 3.90. The molecule has 0 rings (SSSR count). The Morgan fingerprint density at radius 2 is 2.00 bits per heavy atom. The first-order chi connectivity index (χ1) is 6.60. The Morgan fingerprint density at radius 3 is 2.36 bits per heavy atom. The minimum absolute atomic E-state index is 0.278. The molecule has 0 fully saturated rings. The smallest absolute Gasteiger partial charge is 0.294 e. The van der Waals surface area contributed by atoms with Crippen molar-refractivity contribution in [2.45, 2.75) is 12.8 Å². The van der Waals surface area contributed by atoms with Gasteiger partial charge in [-0.3, -0.25) is 0 Å². The molecule has 0 bridgehead atoms. The summed E-state index contributed by atoms with van der Waals surface area (Å²) < 4.78 is 0. The molecule has 0 aliphatic rings. The van der Waals surface area contributed by atoms with Gasteiger partial charge in [-0.15, -0.1) is 10.1 Å². The fourth-order valence-electron chi connectivity index (χ4n) is 1.00. The van der Waals surface area contributed by atoms with Crippen LogP contribution in [0, 0.1) is 15.5 Å². The van der Waals surface area contributed by atoms with Crippen molar-refractivity contribution in [3.05, 3.63) is 10.1 Å². The van der Waals surface area contributed by atoms with Gasteiger partial charge in [0.2, 0.25) is 0 Å². The van der Waals surface area contributed by atoms with Gasteiger partial charge >= 0.3 is 0 Å². The number of nitrogens with zero attached hydrogens (tertiary/aromatic N) is 1. The highest BCUT2D eigenvalue weighted by molar-refractivity contribution is 9.09. The molecular weight excluding hydrogens is 258 g/mol. The highest BCUT2D eigenvalue weighted by Gasteiger charge is 2.29. The molecule has 14 heavy (non-hydrogen) atoms. The lowest BCUT2D eigenvalue weighted by molar-refractivity contribution is -0.761. The summed E-state index contributed by atoms with van der Waals surface area (Å²) in [6, 6.07) is 0. The van der Waals surface area contributed by atoms with Gasteiger partial charge in [0.25, 0.3) is 5.09 Å².